The minimum Gasteiger partial charge on any atom is -0.487 e. The molecule has 6 heteroatoms. The fourth-order valence-corrected chi connectivity index (χ4v) is 1.17. The summed E-state index contributed by atoms with van der Waals surface area (Å²) in [5.41, 5.74) is -0.166. The van der Waals surface area contributed by atoms with Crippen molar-refractivity contribution in [3.05, 3.63) is 33.3 Å². The van der Waals surface area contributed by atoms with Gasteiger partial charge in [-0.05, 0) is 12.1 Å². The Labute approximate surface area is 105 Å². The molecular formula is C11H16ClNO4. The Morgan fingerprint density at radius 1 is 1.47 bits per heavy atom. The van der Waals surface area contributed by atoms with Crippen LogP contribution in [-0.4, -0.2) is 23.2 Å². The summed E-state index contributed by atoms with van der Waals surface area (Å²) < 4.78 is 5.13. The zero-order chi connectivity index (χ0) is 13.3. The molecule has 0 saturated heterocycles. The number of hydrogen-bond donors (Lipinski definition) is 1. The van der Waals surface area contributed by atoms with Gasteiger partial charge in [0, 0.05) is 24.1 Å². The molecule has 5 nitrogen and oxygen atoms in total. The van der Waals surface area contributed by atoms with Gasteiger partial charge < -0.3 is 9.84 Å². The van der Waals surface area contributed by atoms with Gasteiger partial charge in [0.05, 0.1) is 11.5 Å². The molecule has 0 unspecified atom stereocenters. The monoisotopic (exact) mass is 261 g/mol. The van der Waals surface area contributed by atoms with E-state index < -0.39 is 4.92 Å². The van der Waals surface area contributed by atoms with E-state index in [0.29, 0.717) is 6.42 Å². The van der Waals surface area contributed by atoms with Crippen LogP contribution in [0.5, 0.6) is 5.75 Å². The van der Waals surface area contributed by atoms with Crippen LogP contribution in [0.25, 0.3) is 0 Å². The Morgan fingerprint density at radius 3 is 2.65 bits per heavy atom. The lowest BCUT2D eigenvalue weighted by molar-refractivity contribution is -0.385. The summed E-state index contributed by atoms with van der Waals surface area (Å²) in [4.78, 5) is 10.1. The van der Waals surface area contributed by atoms with Gasteiger partial charge in [0.2, 0.25) is 0 Å². The van der Waals surface area contributed by atoms with Crippen LogP contribution in [0.4, 0.5) is 5.69 Å². The first kappa shape index (κ1) is 15.7. The number of benzene rings is 1. The molecule has 1 aromatic rings. The third-order valence-corrected chi connectivity index (χ3v) is 1.91. The minimum atomic E-state index is -0.555. The van der Waals surface area contributed by atoms with Gasteiger partial charge in [0.1, 0.15) is 0 Å². The molecule has 0 saturated carbocycles. The predicted octanol–water partition coefficient (Wildman–Crippen LogP) is 3.04. The number of hydrogen-bond acceptors (Lipinski definition) is 4. The number of aliphatic hydroxyl groups excluding tert-OH is 1. The number of ether oxygens (including phenoxy) is 1. The molecule has 1 rings (SSSR count). The second-order valence-corrected chi connectivity index (χ2v) is 3.23. The topological polar surface area (TPSA) is 72.6 Å². The van der Waals surface area contributed by atoms with E-state index in [9.17, 15) is 10.1 Å². The van der Waals surface area contributed by atoms with Crippen LogP contribution in [-0.2, 0) is 0 Å². The highest BCUT2D eigenvalue weighted by Gasteiger charge is 2.15. The lowest BCUT2D eigenvalue weighted by atomic mass is 10.3. The molecule has 0 amide bonds. The Bertz CT molecular complexity index is 357. The normalized spacial score (nSPS) is 9.18. The molecule has 1 aromatic carbocycles. The van der Waals surface area contributed by atoms with Gasteiger partial charge in [-0.2, -0.15) is 0 Å². The quantitative estimate of drug-likeness (QED) is 0.502. The first-order chi connectivity index (χ1) is 8.15. The van der Waals surface area contributed by atoms with Crippen LogP contribution in [0.1, 0.15) is 20.3 Å². The lowest BCUT2D eigenvalue weighted by Gasteiger charge is -2.05. The molecule has 96 valence electrons. The summed E-state index contributed by atoms with van der Waals surface area (Å²) in [6.07, 6.45) is 0.430. The van der Waals surface area contributed by atoms with Gasteiger partial charge >= 0.3 is 5.69 Å². The third-order valence-electron chi connectivity index (χ3n) is 1.68. The Hall–Kier alpha value is -1.33. The lowest BCUT2D eigenvalue weighted by Crippen LogP contribution is -2.02. The van der Waals surface area contributed by atoms with E-state index in [1.807, 2.05) is 13.8 Å². The smallest absolute Gasteiger partial charge is 0.312 e. The summed E-state index contributed by atoms with van der Waals surface area (Å²) in [5.74, 6) is 0.165. The summed E-state index contributed by atoms with van der Waals surface area (Å²) in [7, 11) is 0. The summed E-state index contributed by atoms with van der Waals surface area (Å²) in [6, 6.07) is 4.19. The van der Waals surface area contributed by atoms with E-state index in [4.69, 9.17) is 21.4 Å². The first-order valence-corrected chi connectivity index (χ1v) is 5.70. The van der Waals surface area contributed by atoms with Gasteiger partial charge in [-0.3, -0.25) is 10.1 Å². The van der Waals surface area contributed by atoms with Crippen LogP contribution in [0.3, 0.4) is 0 Å². The molecule has 1 N–H and O–H groups in total. The van der Waals surface area contributed by atoms with Crippen LogP contribution in [0, 0.1) is 10.1 Å². The van der Waals surface area contributed by atoms with Gasteiger partial charge in [0.15, 0.2) is 5.75 Å². The summed E-state index contributed by atoms with van der Waals surface area (Å²) >= 11 is 5.62. The molecule has 0 bridgehead atoms. The maximum Gasteiger partial charge on any atom is 0.312 e. The molecule has 0 aromatic heterocycles. The maximum absolute atomic E-state index is 10.6. The van der Waals surface area contributed by atoms with Crippen molar-refractivity contribution >= 4 is 17.3 Å². The van der Waals surface area contributed by atoms with Crippen LogP contribution in [0.15, 0.2) is 18.2 Å². The van der Waals surface area contributed by atoms with Crippen molar-refractivity contribution in [3.8, 4) is 5.75 Å². The molecule has 0 spiro atoms. The molecule has 0 heterocycles. The molecule has 0 atom stereocenters. The minimum absolute atomic E-state index is 0.0125. The van der Waals surface area contributed by atoms with E-state index in [-0.39, 0.29) is 29.7 Å². The van der Waals surface area contributed by atoms with Gasteiger partial charge in [-0.25, -0.2) is 0 Å². The molecule has 0 aliphatic rings. The van der Waals surface area contributed by atoms with Gasteiger partial charge in [-0.15, -0.1) is 0 Å². The molecule has 0 radical (unpaired) electrons. The molecule has 0 fully saturated rings. The highest BCUT2D eigenvalue weighted by atomic mass is 35.5. The average Bonchev–Trinajstić information content (AvgIpc) is 2.33. The van der Waals surface area contributed by atoms with E-state index in [0.717, 1.165) is 0 Å². The SMILES string of the molecule is CC.O=[N+]([O-])c1cc(Cl)ccc1OCCCO. The van der Waals surface area contributed by atoms with Crippen molar-refractivity contribution in [1.29, 1.82) is 0 Å². The van der Waals surface area contributed by atoms with Crippen molar-refractivity contribution < 1.29 is 14.8 Å². The number of nitrogens with zero attached hydrogens (tertiary/aromatic N) is 1. The van der Waals surface area contributed by atoms with Crippen LogP contribution >= 0.6 is 11.6 Å². The average molecular weight is 262 g/mol. The van der Waals surface area contributed by atoms with Crippen molar-refractivity contribution in [2.75, 3.05) is 13.2 Å². The van der Waals surface area contributed by atoms with E-state index in [1.165, 1.54) is 18.2 Å². The summed E-state index contributed by atoms with van der Waals surface area (Å²) in [5, 5.41) is 19.4. The molecule has 17 heavy (non-hydrogen) atoms. The number of halogens is 1. The fraction of sp³-hybridized carbons (Fsp3) is 0.455. The highest BCUT2D eigenvalue weighted by Crippen LogP contribution is 2.29. The number of aliphatic hydroxyl groups is 1. The molecule has 0 aliphatic carbocycles. The van der Waals surface area contributed by atoms with E-state index in [2.05, 4.69) is 0 Å². The van der Waals surface area contributed by atoms with Crippen molar-refractivity contribution in [1.82, 2.24) is 0 Å². The maximum atomic E-state index is 10.6. The van der Waals surface area contributed by atoms with Crippen LogP contribution < -0.4 is 4.74 Å². The largest absolute Gasteiger partial charge is 0.487 e. The van der Waals surface area contributed by atoms with Gasteiger partial charge in [-0.1, -0.05) is 25.4 Å². The zero-order valence-corrected chi connectivity index (χ0v) is 10.6. The molecule has 0 aliphatic heterocycles. The second kappa shape index (κ2) is 8.78. The predicted molar refractivity (Wildman–Crippen MR) is 66.7 cm³/mol. The van der Waals surface area contributed by atoms with Crippen molar-refractivity contribution in [2.45, 2.75) is 20.3 Å². The van der Waals surface area contributed by atoms with E-state index in [1.54, 1.807) is 0 Å². The standard InChI is InChI=1S/C9H10ClNO4.C2H6/c10-7-2-3-9(15-5-1-4-12)8(6-7)11(13)14;1-2/h2-3,6,12H,1,4-5H2;1-2H3. The summed E-state index contributed by atoms with van der Waals surface area (Å²) in [6.45, 7) is 4.22. The fourth-order valence-electron chi connectivity index (χ4n) is 1.00. The number of rotatable bonds is 5. The van der Waals surface area contributed by atoms with E-state index >= 15 is 0 Å². The van der Waals surface area contributed by atoms with Crippen LogP contribution in [0.2, 0.25) is 5.02 Å². The zero-order valence-electron chi connectivity index (χ0n) is 9.85. The second-order valence-electron chi connectivity index (χ2n) is 2.79. The first-order valence-electron chi connectivity index (χ1n) is 5.32. The Morgan fingerprint density at radius 2 is 2.12 bits per heavy atom. The Balaban J connectivity index is 0.00000121. The number of nitro benzene ring substituents is 1. The molecular weight excluding hydrogens is 246 g/mol. The van der Waals surface area contributed by atoms with Crippen molar-refractivity contribution in [3.63, 3.8) is 0 Å². The Kier molecular flexibility index (Phi) is 8.09. The highest BCUT2D eigenvalue weighted by molar-refractivity contribution is 6.30. The van der Waals surface area contributed by atoms with Gasteiger partial charge in [0.25, 0.3) is 0 Å². The number of nitro groups is 1. The third kappa shape index (κ3) is 5.51. The van der Waals surface area contributed by atoms with Crippen molar-refractivity contribution in [2.24, 2.45) is 0 Å².